The Morgan fingerprint density at radius 1 is 1.29 bits per heavy atom. The van der Waals surface area contributed by atoms with Gasteiger partial charge in [-0.2, -0.15) is 0 Å². The van der Waals surface area contributed by atoms with E-state index in [1.54, 1.807) is 12.1 Å². The first-order valence-electron chi connectivity index (χ1n) is 5.81. The second kappa shape index (κ2) is 6.97. The Hall–Kier alpha value is -0.610. The van der Waals surface area contributed by atoms with Crippen LogP contribution in [0, 0.1) is 11.7 Å². The molecule has 1 unspecified atom stereocenters. The van der Waals surface area contributed by atoms with Gasteiger partial charge in [-0.25, -0.2) is 4.39 Å². The van der Waals surface area contributed by atoms with Gasteiger partial charge in [0.1, 0.15) is 6.10 Å². The van der Waals surface area contributed by atoms with Gasteiger partial charge in [-0.15, -0.1) is 0 Å². The van der Waals surface area contributed by atoms with Gasteiger partial charge in [0.05, 0.1) is 0 Å². The fourth-order valence-corrected chi connectivity index (χ4v) is 1.74. The molecule has 4 heteroatoms. The fraction of sp³-hybridized carbons (Fsp3) is 0.538. The monoisotopic (exact) mass is 303 g/mol. The third kappa shape index (κ3) is 5.50. The normalized spacial score (nSPS) is 12.8. The van der Waals surface area contributed by atoms with Gasteiger partial charge >= 0.3 is 0 Å². The molecule has 0 radical (unpaired) electrons. The summed E-state index contributed by atoms with van der Waals surface area (Å²) in [6.07, 6.45) is -0.0578. The summed E-state index contributed by atoms with van der Waals surface area (Å²) in [4.78, 5) is 0. The molecule has 0 amide bonds. The van der Waals surface area contributed by atoms with Crippen molar-refractivity contribution in [3.63, 3.8) is 0 Å². The number of hydrogen-bond acceptors (Lipinski definition) is 2. The van der Waals surface area contributed by atoms with Crippen LogP contribution in [0.25, 0.3) is 0 Å². The van der Waals surface area contributed by atoms with Crippen LogP contribution in [0.2, 0.25) is 0 Å². The first-order chi connectivity index (χ1) is 7.99. The van der Waals surface area contributed by atoms with Gasteiger partial charge in [0.15, 0.2) is 11.6 Å². The third-order valence-electron chi connectivity index (χ3n) is 2.21. The van der Waals surface area contributed by atoms with Crippen molar-refractivity contribution in [1.82, 2.24) is 5.32 Å². The molecule has 0 saturated carbocycles. The summed E-state index contributed by atoms with van der Waals surface area (Å²) in [6.45, 7) is 7.87. The summed E-state index contributed by atoms with van der Waals surface area (Å²) in [5.41, 5.74) is 0. The van der Waals surface area contributed by atoms with Gasteiger partial charge in [0, 0.05) is 11.0 Å². The van der Waals surface area contributed by atoms with Gasteiger partial charge < -0.3 is 10.1 Å². The Labute approximate surface area is 111 Å². The topological polar surface area (TPSA) is 21.3 Å². The second-order valence-corrected chi connectivity index (χ2v) is 5.47. The predicted octanol–water partition coefficient (Wildman–Crippen LogP) is 3.60. The molecule has 1 N–H and O–H groups in total. The van der Waals surface area contributed by atoms with E-state index >= 15 is 0 Å². The van der Waals surface area contributed by atoms with E-state index in [0.29, 0.717) is 18.2 Å². The second-order valence-electron chi connectivity index (χ2n) is 4.56. The number of ether oxygens (including phenoxy) is 1. The molecule has 1 atom stereocenters. The van der Waals surface area contributed by atoms with E-state index in [1.165, 1.54) is 6.07 Å². The van der Waals surface area contributed by atoms with Crippen LogP contribution < -0.4 is 10.1 Å². The quantitative estimate of drug-likeness (QED) is 0.867. The van der Waals surface area contributed by atoms with Crippen molar-refractivity contribution in [2.24, 2.45) is 5.92 Å². The number of rotatable bonds is 6. The molecule has 0 aliphatic carbocycles. The fourth-order valence-electron chi connectivity index (χ4n) is 1.40. The zero-order chi connectivity index (χ0) is 12.8. The van der Waals surface area contributed by atoms with Gasteiger partial charge in [-0.3, -0.25) is 0 Å². The van der Waals surface area contributed by atoms with E-state index in [9.17, 15) is 4.39 Å². The van der Waals surface area contributed by atoms with Crippen molar-refractivity contribution in [3.05, 3.63) is 28.5 Å². The first-order valence-corrected chi connectivity index (χ1v) is 6.60. The lowest BCUT2D eigenvalue weighted by atomic mass is 10.2. The molecule has 0 aliphatic heterocycles. The van der Waals surface area contributed by atoms with Crippen LogP contribution in [0.5, 0.6) is 5.75 Å². The maximum atomic E-state index is 13.4. The van der Waals surface area contributed by atoms with Crippen LogP contribution in [0.15, 0.2) is 22.7 Å². The lowest BCUT2D eigenvalue weighted by molar-refractivity contribution is 0.206. The average molecular weight is 304 g/mol. The molecule has 0 aliphatic rings. The molecule has 1 aromatic carbocycles. The van der Waals surface area contributed by atoms with Crippen molar-refractivity contribution < 1.29 is 9.13 Å². The van der Waals surface area contributed by atoms with Gasteiger partial charge in [-0.05, 0) is 37.6 Å². The molecule has 0 spiro atoms. The van der Waals surface area contributed by atoms with Crippen molar-refractivity contribution in [3.8, 4) is 5.75 Å². The Morgan fingerprint density at radius 3 is 2.65 bits per heavy atom. The molecule has 2 nitrogen and oxygen atoms in total. The molecule has 0 saturated heterocycles. The highest BCUT2D eigenvalue weighted by atomic mass is 79.9. The van der Waals surface area contributed by atoms with Crippen molar-refractivity contribution in [2.75, 3.05) is 13.1 Å². The van der Waals surface area contributed by atoms with E-state index < -0.39 is 0 Å². The summed E-state index contributed by atoms with van der Waals surface area (Å²) < 4.78 is 19.8. The molecule has 0 bridgehead atoms. The number of nitrogens with one attached hydrogen (secondary N) is 1. The zero-order valence-corrected chi connectivity index (χ0v) is 12.1. The van der Waals surface area contributed by atoms with E-state index in [4.69, 9.17) is 4.74 Å². The van der Waals surface area contributed by atoms with Crippen LogP contribution in [0.3, 0.4) is 0 Å². The maximum absolute atomic E-state index is 13.4. The molecule has 17 heavy (non-hydrogen) atoms. The molecule has 0 fully saturated rings. The summed E-state index contributed by atoms with van der Waals surface area (Å²) in [5.74, 6) is 0.562. The average Bonchev–Trinajstić information content (AvgIpc) is 2.23. The van der Waals surface area contributed by atoms with Crippen LogP contribution in [-0.4, -0.2) is 19.2 Å². The summed E-state index contributed by atoms with van der Waals surface area (Å²) in [5, 5.41) is 3.28. The minimum atomic E-state index is -0.330. The minimum Gasteiger partial charge on any atom is -0.486 e. The Morgan fingerprint density at radius 2 is 2.00 bits per heavy atom. The standard InChI is InChI=1S/C13H19BrFNO/c1-9(2)7-16-8-10(3)17-13-6-11(14)4-5-12(13)15/h4-6,9-10,16H,7-8H2,1-3H3. The molecule has 0 heterocycles. The highest BCUT2D eigenvalue weighted by molar-refractivity contribution is 9.10. The number of halogens is 2. The van der Waals surface area contributed by atoms with Gasteiger partial charge in [-0.1, -0.05) is 29.8 Å². The Kier molecular flexibility index (Phi) is 5.92. The summed E-state index contributed by atoms with van der Waals surface area (Å²) in [6, 6.07) is 4.70. The molecular formula is C13H19BrFNO. The van der Waals surface area contributed by atoms with E-state index in [-0.39, 0.29) is 11.9 Å². The summed E-state index contributed by atoms with van der Waals surface area (Å²) >= 11 is 3.30. The SMILES string of the molecule is CC(C)CNCC(C)Oc1cc(Br)ccc1F. The molecular weight excluding hydrogens is 285 g/mol. The third-order valence-corrected chi connectivity index (χ3v) is 2.70. The van der Waals surface area contributed by atoms with Gasteiger partial charge in [0.25, 0.3) is 0 Å². The smallest absolute Gasteiger partial charge is 0.165 e. The lowest BCUT2D eigenvalue weighted by Gasteiger charge is -2.17. The predicted molar refractivity (Wildman–Crippen MR) is 71.9 cm³/mol. The molecule has 96 valence electrons. The van der Waals surface area contributed by atoms with Crippen molar-refractivity contribution in [1.29, 1.82) is 0 Å². The molecule has 1 aromatic rings. The number of benzene rings is 1. The van der Waals surface area contributed by atoms with Crippen molar-refractivity contribution in [2.45, 2.75) is 26.9 Å². The maximum Gasteiger partial charge on any atom is 0.165 e. The van der Waals surface area contributed by atoms with E-state index in [1.807, 2.05) is 6.92 Å². The van der Waals surface area contributed by atoms with Crippen molar-refractivity contribution >= 4 is 15.9 Å². The largest absolute Gasteiger partial charge is 0.486 e. The highest BCUT2D eigenvalue weighted by Crippen LogP contribution is 2.23. The van der Waals surface area contributed by atoms with Crippen LogP contribution in [-0.2, 0) is 0 Å². The number of hydrogen-bond donors (Lipinski definition) is 1. The lowest BCUT2D eigenvalue weighted by Crippen LogP contribution is -2.31. The summed E-state index contributed by atoms with van der Waals surface area (Å²) in [7, 11) is 0. The van der Waals surface area contributed by atoms with Crippen LogP contribution in [0.4, 0.5) is 4.39 Å². The minimum absolute atomic E-state index is 0.0578. The Bertz CT molecular complexity index is 357. The Balaban J connectivity index is 2.44. The van der Waals surface area contributed by atoms with Gasteiger partial charge in [0.2, 0.25) is 0 Å². The zero-order valence-electron chi connectivity index (χ0n) is 10.5. The molecule has 0 aromatic heterocycles. The van der Waals surface area contributed by atoms with Crippen LogP contribution >= 0.6 is 15.9 Å². The van der Waals surface area contributed by atoms with Crippen LogP contribution in [0.1, 0.15) is 20.8 Å². The van der Waals surface area contributed by atoms with E-state index in [2.05, 4.69) is 35.1 Å². The first kappa shape index (κ1) is 14.5. The molecule has 1 rings (SSSR count). The van der Waals surface area contributed by atoms with E-state index in [0.717, 1.165) is 11.0 Å². The highest BCUT2D eigenvalue weighted by Gasteiger charge is 2.09.